The Morgan fingerprint density at radius 3 is 2.10 bits per heavy atom. The zero-order valence-corrected chi connectivity index (χ0v) is 6.33. The largest absolute Gasteiger partial charge is 0.391 e. The van der Waals surface area contributed by atoms with Gasteiger partial charge in [-0.15, -0.1) is 0 Å². The average Bonchev–Trinajstić information content (AvgIpc) is 1.80. The van der Waals surface area contributed by atoms with Crippen LogP contribution in [0.3, 0.4) is 0 Å². The van der Waals surface area contributed by atoms with E-state index in [9.17, 15) is 13.2 Å². The maximum absolute atomic E-state index is 11.8. The second-order valence-electron chi connectivity index (χ2n) is 2.58. The van der Waals surface area contributed by atoms with Crippen molar-refractivity contribution in [3.8, 4) is 0 Å². The highest BCUT2D eigenvalue weighted by atomic mass is 19.4. The van der Waals surface area contributed by atoms with Gasteiger partial charge in [0.1, 0.15) is 0 Å². The van der Waals surface area contributed by atoms with E-state index in [1.54, 1.807) is 0 Å². The predicted molar refractivity (Wildman–Crippen MR) is 34.7 cm³/mol. The van der Waals surface area contributed by atoms with Crippen molar-refractivity contribution in [3.05, 3.63) is 0 Å². The lowest BCUT2D eigenvalue weighted by molar-refractivity contribution is -0.171. The van der Waals surface area contributed by atoms with Crippen LogP contribution in [-0.4, -0.2) is 6.18 Å². The SMILES string of the molecule is CCCC[C@H](C)C(F)(F)F. The van der Waals surface area contributed by atoms with Gasteiger partial charge in [-0.2, -0.15) is 13.2 Å². The first-order valence-electron chi connectivity index (χ1n) is 3.55. The molecule has 0 N–H and O–H groups in total. The first-order chi connectivity index (χ1) is 4.48. The van der Waals surface area contributed by atoms with Crippen molar-refractivity contribution in [2.45, 2.75) is 39.3 Å². The smallest absolute Gasteiger partial charge is 0.171 e. The molecule has 0 aromatic rings. The van der Waals surface area contributed by atoms with Crippen molar-refractivity contribution >= 4 is 0 Å². The van der Waals surface area contributed by atoms with Gasteiger partial charge in [-0.3, -0.25) is 0 Å². The van der Waals surface area contributed by atoms with Crippen LogP contribution in [0, 0.1) is 5.92 Å². The Morgan fingerprint density at radius 1 is 1.30 bits per heavy atom. The van der Waals surface area contributed by atoms with E-state index in [2.05, 4.69) is 0 Å². The number of unbranched alkanes of at least 4 members (excludes halogenated alkanes) is 1. The van der Waals surface area contributed by atoms with Crippen LogP contribution in [0.25, 0.3) is 0 Å². The molecule has 0 spiro atoms. The second kappa shape index (κ2) is 3.84. The fourth-order valence-corrected chi connectivity index (χ4v) is 0.674. The standard InChI is InChI=1S/C7H13F3/c1-3-4-5-6(2)7(8,9)10/h6H,3-5H2,1-2H3/t6-/m0/s1. The maximum atomic E-state index is 11.8. The minimum atomic E-state index is -3.99. The van der Waals surface area contributed by atoms with E-state index in [1.165, 1.54) is 6.92 Å². The molecule has 10 heavy (non-hydrogen) atoms. The lowest BCUT2D eigenvalue weighted by Gasteiger charge is -2.14. The molecule has 0 aliphatic rings. The number of alkyl halides is 3. The number of rotatable bonds is 3. The Labute approximate surface area is 59.4 Å². The van der Waals surface area contributed by atoms with Gasteiger partial charge >= 0.3 is 6.18 Å². The quantitative estimate of drug-likeness (QED) is 0.584. The molecular formula is C7H13F3. The molecule has 0 aliphatic heterocycles. The predicted octanol–water partition coefficient (Wildman–Crippen LogP) is 3.38. The Kier molecular flexibility index (Phi) is 3.76. The van der Waals surface area contributed by atoms with Crippen molar-refractivity contribution in [1.82, 2.24) is 0 Å². The third kappa shape index (κ3) is 3.75. The highest BCUT2D eigenvalue weighted by Gasteiger charge is 2.34. The third-order valence-electron chi connectivity index (χ3n) is 1.55. The highest BCUT2D eigenvalue weighted by molar-refractivity contribution is 4.61. The molecule has 0 bridgehead atoms. The lowest BCUT2D eigenvalue weighted by atomic mass is 10.0. The van der Waals surface area contributed by atoms with E-state index < -0.39 is 12.1 Å². The Balaban J connectivity index is 3.52. The van der Waals surface area contributed by atoms with Gasteiger partial charge in [-0.25, -0.2) is 0 Å². The average molecular weight is 154 g/mol. The van der Waals surface area contributed by atoms with E-state index in [4.69, 9.17) is 0 Å². The van der Waals surface area contributed by atoms with Gasteiger partial charge in [0.05, 0.1) is 5.92 Å². The fraction of sp³-hybridized carbons (Fsp3) is 1.00. The summed E-state index contributed by atoms with van der Waals surface area (Å²) in [6, 6.07) is 0. The molecule has 0 saturated carbocycles. The van der Waals surface area contributed by atoms with Crippen LogP contribution in [0.1, 0.15) is 33.1 Å². The van der Waals surface area contributed by atoms with Gasteiger partial charge in [-0.1, -0.05) is 26.7 Å². The van der Waals surface area contributed by atoms with Crippen molar-refractivity contribution in [2.24, 2.45) is 5.92 Å². The van der Waals surface area contributed by atoms with Gasteiger partial charge in [-0.05, 0) is 6.42 Å². The zero-order valence-electron chi connectivity index (χ0n) is 6.33. The number of hydrogen-bond donors (Lipinski definition) is 0. The van der Waals surface area contributed by atoms with Crippen molar-refractivity contribution < 1.29 is 13.2 Å². The Hall–Kier alpha value is -0.210. The summed E-state index contributed by atoms with van der Waals surface area (Å²) in [5.41, 5.74) is 0. The summed E-state index contributed by atoms with van der Waals surface area (Å²) in [5, 5.41) is 0. The van der Waals surface area contributed by atoms with E-state index in [0.717, 1.165) is 6.42 Å². The summed E-state index contributed by atoms with van der Waals surface area (Å²) >= 11 is 0. The molecule has 0 nitrogen and oxygen atoms in total. The molecule has 0 aliphatic carbocycles. The van der Waals surface area contributed by atoms with Crippen LogP contribution in [-0.2, 0) is 0 Å². The summed E-state index contributed by atoms with van der Waals surface area (Å²) < 4.78 is 35.3. The molecule has 0 saturated heterocycles. The topological polar surface area (TPSA) is 0 Å². The zero-order chi connectivity index (χ0) is 8.20. The number of halogens is 3. The minimum absolute atomic E-state index is 0.264. The second-order valence-corrected chi connectivity index (χ2v) is 2.58. The van der Waals surface area contributed by atoms with Crippen LogP contribution in [0.15, 0.2) is 0 Å². The lowest BCUT2D eigenvalue weighted by Crippen LogP contribution is -2.19. The molecule has 0 amide bonds. The van der Waals surface area contributed by atoms with E-state index in [1.807, 2.05) is 6.92 Å². The molecule has 0 fully saturated rings. The molecular weight excluding hydrogens is 141 g/mol. The summed E-state index contributed by atoms with van der Waals surface area (Å²) in [4.78, 5) is 0. The molecule has 0 rings (SSSR count). The molecule has 62 valence electrons. The van der Waals surface area contributed by atoms with E-state index in [-0.39, 0.29) is 6.42 Å². The van der Waals surface area contributed by atoms with Crippen LogP contribution in [0.4, 0.5) is 13.2 Å². The first kappa shape index (κ1) is 9.79. The maximum Gasteiger partial charge on any atom is 0.391 e. The van der Waals surface area contributed by atoms with E-state index >= 15 is 0 Å². The molecule has 0 aromatic heterocycles. The summed E-state index contributed by atoms with van der Waals surface area (Å²) in [6.45, 7) is 3.12. The molecule has 3 heteroatoms. The van der Waals surface area contributed by atoms with Gasteiger partial charge in [0.15, 0.2) is 0 Å². The Bertz CT molecular complexity index is 85.3. The summed E-state index contributed by atoms with van der Waals surface area (Å²) in [5.74, 6) is -1.13. The monoisotopic (exact) mass is 154 g/mol. The van der Waals surface area contributed by atoms with Crippen LogP contribution < -0.4 is 0 Å². The molecule has 1 atom stereocenters. The molecule has 0 aromatic carbocycles. The number of hydrogen-bond acceptors (Lipinski definition) is 0. The Morgan fingerprint density at radius 2 is 1.80 bits per heavy atom. The third-order valence-corrected chi connectivity index (χ3v) is 1.55. The minimum Gasteiger partial charge on any atom is -0.171 e. The molecule has 0 radical (unpaired) electrons. The van der Waals surface area contributed by atoms with Crippen molar-refractivity contribution in [2.75, 3.05) is 0 Å². The molecule has 0 heterocycles. The molecule has 0 unspecified atom stereocenters. The summed E-state index contributed by atoms with van der Waals surface area (Å²) in [7, 11) is 0. The van der Waals surface area contributed by atoms with Gasteiger partial charge < -0.3 is 0 Å². The van der Waals surface area contributed by atoms with Gasteiger partial charge in [0.25, 0.3) is 0 Å². The fourth-order valence-electron chi connectivity index (χ4n) is 0.674. The van der Waals surface area contributed by atoms with Crippen LogP contribution >= 0.6 is 0 Å². The summed E-state index contributed by atoms with van der Waals surface area (Å²) in [6.07, 6.45) is -2.23. The van der Waals surface area contributed by atoms with Crippen LogP contribution in [0.5, 0.6) is 0 Å². The van der Waals surface area contributed by atoms with E-state index in [0.29, 0.717) is 6.42 Å². The van der Waals surface area contributed by atoms with Gasteiger partial charge in [0, 0.05) is 0 Å². The first-order valence-corrected chi connectivity index (χ1v) is 3.55. The van der Waals surface area contributed by atoms with Gasteiger partial charge in [0.2, 0.25) is 0 Å². The van der Waals surface area contributed by atoms with Crippen molar-refractivity contribution in [1.29, 1.82) is 0 Å². The van der Waals surface area contributed by atoms with Crippen LogP contribution in [0.2, 0.25) is 0 Å². The van der Waals surface area contributed by atoms with Crippen molar-refractivity contribution in [3.63, 3.8) is 0 Å². The normalized spacial score (nSPS) is 15.3. The highest BCUT2D eigenvalue weighted by Crippen LogP contribution is 2.29.